The second kappa shape index (κ2) is 6.05. The number of benzene rings is 2. The standard InChI is InChI=1S/C15H7Cl3FNOS/c16-7-5-10(17)12-11(6-7)22-14(13(12)18)15(21)20-9-3-1-8(19)2-4-9/h1-6H,(H,20,21). The van der Waals surface area contributed by atoms with Crippen LogP contribution in [0, 0.1) is 5.82 Å². The van der Waals surface area contributed by atoms with Crippen LogP contribution in [-0.2, 0) is 0 Å². The molecule has 0 radical (unpaired) electrons. The van der Waals surface area contributed by atoms with Crippen molar-refractivity contribution in [3.05, 3.63) is 62.2 Å². The van der Waals surface area contributed by atoms with Gasteiger partial charge in [-0.05, 0) is 36.4 Å². The Morgan fingerprint density at radius 3 is 2.45 bits per heavy atom. The van der Waals surface area contributed by atoms with Crippen molar-refractivity contribution in [1.29, 1.82) is 0 Å². The van der Waals surface area contributed by atoms with Gasteiger partial charge in [0.25, 0.3) is 5.91 Å². The second-order valence-corrected chi connectivity index (χ2v) is 6.74. The van der Waals surface area contributed by atoms with Gasteiger partial charge in [0.1, 0.15) is 10.7 Å². The van der Waals surface area contributed by atoms with Gasteiger partial charge in [-0.2, -0.15) is 0 Å². The molecule has 112 valence electrons. The van der Waals surface area contributed by atoms with Gasteiger partial charge < -0.3 is 5.32 Å². The number of anilines is 1. The number of fused-ring (bicyclic) bond motifs is 1. The van der Waals surface area contributed by atoms with Crippen LogP contribution in [0.15, 0.2) is 36.4 Å². The summed E-state index contributed by atoms with van der Waals surface area (Å²) in [6.07, 6.45) is 0. The molecule has 0 aliphatic heterocycles. The summed E-state index contributed by atoms with van der Waals surface area (Å²) in [6, 6.07) is 8.74. The fourth-order valence-corrected chi connectivity index (χ4v) is 4.25. The lowest BCUT2D eigenvalue weighted by atomic mass is 10.2. The van der Waals surface area contributed by atoms with Crippen molar-refractivity contribution in [2.24, 2.45) is 0 Å². The van der Waals surface area contributed by atoms with E-state index in [1.165, 1.54) is 35.6 Å². The number of nitrogens with one attached hydrogen (secondary N) is 1. The molecule has 0 spiro atoms. The van der Waals surface area contributed by atoms with Gasteiger partial charge in [-0.1, -0.05) is 34.8 Å². The molecule has 2 nitrogen and oxygen atoms in total. The molecule has 2 aromatic carbocycles. The molecule has 0 atom stereocenters. The SMILES string of the molecule is O=C(Nc1ccc(F)cc1)c1sc2cc(Cl)cc(Cl)c2c1Cl. The number of thiophene rings is 1. The molecule has 0 fully saturated rings. The van der Waals surface area contributed by atoms with Crippen LogP contribution in [-0.4, -0.2) is 5.91 Å². The van der Waals surface area contributed by atoms with Gasteiger partial charge in [0, 0.05) is 20.8 Å². The summed E-state index contributed by atoms with van der Waals surface area (Å²) in [7, 11) is 0. The Hall–Kier alpha value is -1.33. The van der Waals surface area contributed by atoms with Crippen LogP contribution in [0.1, 0.15) is 9.67 Å². The number of rotatable bonds is 2. The predicted octanol–water partition coefficient (Wildman–Crippen LogP) is 6.25. The average Bonchev–Trinajstić information content (AvgIpc) is 2.78. The highest BCUT2D eigenvalue weighted by molar-refractivity contribution is 7.21. The first kappa shape index (κ1) is 15.6. The Bertz CT molecular complexity index is 877. The summed E-state index contributed by atoms with van der Waals surface area (Å²) in [5, 5.41) is 4.41. The van der Waals surface area contributed by atoms with E-state index >= 15 is 0 Å². The monoisotopic (exact) mass is 373 g/mol. The molecule has 0 aliphatic rings. The van der Waals surface area contributed by atoms with Gasteiger partial charge >= 0.3 is 0 Å². The van der Waals surface area contributed by atoms with E-state index in [9.17, 15) is 9.18 Å². The minimum Gasteiger partial charge on any atom is -0.321 e. The van der Waals surface area contributed by atoms with E-state index in [4.69, 9.17) is 34.8 Å². The zero-order valence-electron chi connectivity index (χ0n) is 10.8. The first-order valence-corrected chi connectivity index (χ1v) is 8.04. The molecular weight excluding hydrogens is 368 g/mol. The molecule has 1 heterocycles. The largest absolute Gasteiger partial charge is 0.321 e. The Labute approximate surface area is 144 Å². The van der Waals surface area contributed by atoms with E-state index in [1.807, 2.05) is 0 Å². The molecule has 1 amide bonds. The first-order valence-electron chi connectivity index (χ1n) is 6.09. The van der Waals surface area contributed by atoms with E-state index in [-0.39, 0.29) is 16.7 Å². The number of carbonyl (C=O) groups excluding carboxylic acids is 1. The van der Waals surface area contributed by atoms with Crippen LogP contribution >= 0.6 is 46.1 Å². The Balaban J connectivity index is 1.99. The third kappa shape index (κ3) is 2.92. The molecule has 0 saturated carbocycles. The molecule has 0 unspecified atom stereocenters. The summed E-state index contributed by atoms with van der Waals surface area (Å²) < 4.78 is 13.6. The third-order valence-electron chi connectivity index (χ3n) is 2.96. The van der Waals surface area contributed by atoms with E-state index in [0.717, 1.165) is 4.70 Å². The van der Waals surface area contributed by atoms with Crippen LogP contribution in [0.4, 0.5) is 10.1 Å². The van der Waals surface area contributed by atoms with Crippen molar-refractivity contribution in [2.45, 2.75) is 0 Å². The maximum atomic E-state index is 12.9. The smallest absolute Gasteiger partial charge is 0.267 e. The van der Waals surface area contributed by atoms with Gasteiger partial charge in [0.15, 0.2) is 0 Å². The van der Waals surface area contributed by atoms with Crippen molar-refractivity contribution in [3.8, 4) is 0 Å². The lowest BCUT2D eigenvalue weighted by Gasteiger charge is -2.03. The Morgan fingerprint density at radius 2 is 1.77 bits per heavy atom. The van der Waals surface area contributed by atoms with Gasteiger partial charge in [-0.15, -0.1) is 11.3 Å². The summed E-state index contributed by atoms with van der Waals surface area (Å²) in [4.78, 5) is 12.7. The molecule has 0 saturated heterocycles. The zero-order chi connectivity index (χ0) is 15.9. The van der Waals surface area contributed by atoms with E-state index in [0.29, 0.717) is 26.0 Å². The summed E-state index contributed by atoms with van der Waals surface area (Å²) in [6.45, 7) is 0. The molecule has 0 bridgehead atoms. The Morgan fingerprint density at radius 1 is 1.09 bits per heavy atom. The summed E-state index contributed by atoms with van der Waals surface area (Å²) >= 11 is 19.5. The van der Waals surface area contributed by atoms with Crippen LogP contribution in [0.3, 0.4) is 0 Å². The third-order valence-corrected chi connectivity index (χ3v) is 5.10. The minimum atomic E-state index is -0.384. The van der Waals surface area contributed by atoms with Crippen molar-refractivity contribution >= 4 is 67.8 Å². The van der Waals surface area contributed by atoms with Crippen molar-refractivity contribution < 1.29 is 9.18 Å². The molecule has 3 aromatic rings. The lowest BCUT2D eigenvalue weighted by molar-refractivity contribution is 0.103. The number of amides is 1. The number of halogens is 4. The van der Waals surface area contributed by atoms with Gasteiger partial charge in [0.05, 0.1) is 10.0 Å². The minimum absolute atomic E-state index is 0.279. The molecule has 1 N–H and O–H groups in total. The van der Waals surface area contributed by atoms with Crippen LogP contribution in [0.2, 0.25) is 15.1 Å². The predicted molar refractivity (Wildman–Crippen MR) is 91.2 cm³/mol. The molecule has 0 aliphatic carbocycles. The Kier molecular flexibility index (Phi) is 4.28. The van der Waals surface area contributed by atoms with Gasteiger partial charge in [-0.25, -0.2) is 4.39 Å². The summed E-state index contributed by atoms with van der Waals surface area (Å²) in [5.74, 6) is -0.760. The van der Waals surface area contributed by atoms with Crippen LogP contribution in [0.25, 0.3) is 10.1 Å². The number of hydrogen-bond donors (Lipinski definition) is 1. The van der Waals surface area contributed by atoms with Gasteiger partial charge in [0.2, 0.25) is 0 Å². The highest BCUT2D eigenvalue weighted by Gasteiger charge is 2.19. The van der Waals surface area contributed by atoms with E-state index < -0.39 is 0 Å². The highest BCUT2D eigenvalue weighted by Crippen LogP contribution is 2.41. The zero-order valence-corrected chi connectivity index (χ0v) is 13.9. The molecule has 22 heavy (non-hydrogen) atoms. The topological polar surface area (TPSA) is 29.1 Å². The fourth-order valence-electron chi connectivity index (χ4n) is 1.98. The maximum absolute atomic E-state index is 12.9. The van der Waals surface area contributed by atoms with Crippen molar-refractivity contribution in [2.75, 3.05) is 5.32 Å². The maximum Gasteiger partial charge on any atom is 0.267 e. The molecule has 3 rings (SSSR count). The number of hydrogen-bond acceptors (Lipinski definition) is 2. The van der Waals surface area contributed by atoms with Crippen molar-refractivity contribution in [3.63, 3.8) is 0 Å². The van der Waals surface area contributed by atoms with E-state index in [2.05, 4.69) is 5.32 Å². The van der Waals surface area contributed by atoms with Crippen LogP contribution < -0.4 is 5.32 Å². The average molecular weight is 375 g/mol. The summed E-state index contributed by atoms with van der Waals surface area (Å²) in [5.41, 5.74) is 0.476. The second-order valence-electron chi connectivity index (χ2n) is 4.47. The molecule has 1 aromatic heterocycles. The van der Waals surface area contributed by atoms with Gasteiger partial charge in [-0.3, -0.25) is 4.79 Å². The van der Waals surface area contributed by atoms with Crippen molar-refractivity contribution in [1.82, 2.24) is 0 Å². The fraction of sp³-hybridized carbons (Fsp3) is 0. The highest BCUT2D eigenvalue weighted by atomic mass is 35.5. The lowest BCUT2D eigenvalue weighted by Crippen LogP contribution is -2.10. The van der Waals surface area contributed by atoms with Crippen LogP contribution in [0.5, 0.6) is 0 Å². The first-order chi connectivity index (χ1) is 10.5. The molecule has 7 heteroatoms. The van der Waals surface area contributed by atoms with E-state index in [1.54, 1.807) is 12.1 Å². The normalized spacial score (nSPS) is 10.9. The quantitative estimate of drug-likeness (QED) is 0.564. The molecular formula is C15H7Cl3FNOS. The number of carbonyl (C=O) groups is 1.